The fraction of sp³-hybridized carbons (Fsp3) is 0.500. The van der Waals surface area contributed by atoms with Crippen LogP contribution >= 0.6 is 0 Å². The number of rotatable bonds is 2. The van der Waals surface area contributed by atoms with Gasteiger partial charge in [0.2, 0.25) is 0 Å². The fourth-order valence-electron chi connectivity index (χ4n) is 0.542. The first-order valence-electron chi connectivity index (χ1n) is 2.69. The van der Waals surface area contributed by atoms with Gasteiger partial charge < -0.3 is 5.73 Å². The number of hydrogen-bond donors (Lipinski definition) is 1. The lowest BCUT2D eigenvalue weighted by molar-refractivity contribution is -0.104. The van der Waals surface area contributed by atoms with Gasteiger partial charge in [0.15, 0.2) is 0 Å². The molecule has 1 fully saturated rings. The third-order valence-corrected chi connectivity index (χ3v) is 1.33. The van der Waals surface area contributed by atoms with E-state index in [1.807, 2.05) is 0 Å². The summed E-state index contributed by atoms with van der Waals surface area (Å²) in [6.45, 7) is 0. The van der Waals surface area contributed by atoms with Gasteiger partial charge in [-0.25, -0.2) is 0 Å². The highest BCUT2D eigenvalue weighted by Crippen LogP contribution is 2.32. The molecule has 44 valence electrons. The number of aldehydes is 1. The number of nitrogens with two attached hydrogens (primary N) is 1. The first kappa shape index (κ1) is 5.51. The summed E-state index contributed by atoms with van der Waals surface area (Å²) < 4.78 is 0. The van der Waals surface area contributed by atoms with Crippen LogP contribution < -0.4 is 5.73 Å². The highest BCUT2D eigenvalue weighted by molar-refractivity contribution is 5.65. The molecule has 0 saturated heterocycles. The molecular formula is C6H9NO. The van der Waals surface area contributed by atoms with Crippen molar-refractivity contribution >= 4 is 6.29 Å². The summed E-state index contributed by atoms with van der Waals surface area (Å²) in [6.07, 6.45) is 6.04. The molecule has 0 bridgehead atoms. The van der Waals surface area contributed by atoms with E-state index in [4.69, 9.17) is 5.73 Å². The smallest absolute Gasteiger partial charge is 0.142 e. The lowest BCUT2D eigenvalue weighted by Crippen LogP contribution is -2.17. The Morgan fingerprint density at radius 1 is 1.50 bits per heavy atom. The van der Waals surface area contributed by atoms with Crippen molar-refractivity contribution in [1.82, 2.24) is 0 Å². The van der Waals surface area contributed by atoms with Crippen molar-refractivity contribution < 1.29 is 4.79 Å². The monoisotopic (exact) mass is 111 g/mol. The van der Waals surface area contributed by atoms with Gasteiger partial charge in [-0.15, -0.1) is 0 Å². The van der Waals surface area contributed by atoms with Crippen LogP contribution in [0.3, 0.4) is 0 Å². The molecule has 2 nitrogen and oxygen atoms in total. The molecule has 1 saturated carbocycles. The standard InChI is InChI=1S/C6H9NO/c7-6(3-4-6)2-1-5-8/h1-2,5H,3-4,7H2/b2-1+. The van der Waals surface area contributed by atoms with E-state index in [1.54, 1.807) is 6.08 Å². The molecule has 0 unspecified atom stereocenters. The van der Waals surface area contributed by atoms with E-state index in [1.165, 1.54) is 6.08 Å². The third-order valence-electron chi connectivity index (χ3n) is 1.33. The molecule has 0 amide bonds. The number of carbonyl (C=O) groups excluding carboxylic acids is 1. The average Bonchev–Trinajstić information content (AvgIpc) is 2.45. The largest absolute Gasteiger partial charge is 0.322 e. The van der Waals surface area contributed by atoms with Crippen molar-refractivity contribution in [3.05, 3.63) is 12.2 Å². The molecule has 0 heterocycles. The van der Waals surface area contributed by atoms with Crippen molar-refractivity contribution in [2.75, 3.05) is 0 Å². The zero-order valence-electron chi connectivity index (χ0n) is 4.63. The van der Waals surface area contributed by atoms with Gasteiger partial charge in [0.05, 0.1) is 0 Å². The number of carbonyl (C=O) groups is 1. The van der Waals surface area contributed by atoms with Gasteiger partial charge in [-0.05, 0) is 18.9 Å². The summed E-state index contributed by atoms with van der Waals surface area (Å²) >= 11 is 0. The second-order valence-electron chi connectivity index (χ2n) is 2.23. The third kappa shape index (κ3) is 1.17. The minimum absolute atomic E-state index is 0.110. The summed E-state index contributed by atoms with van der Waals surface area (Å²) in [5, 5.41) is 0. The zero-order chi connectivity index (χ0) is 6.04. The van der Waals surface area contributed by atoms with Gasteiger partial charge in [-0.1, -0.05) is 6.08 Å². The van der Waals surface area contributed by atoms with Crippen LogP contribution in [0.1, 0.15) is 12.8 Å². The maximum atomic E-state index is 9.74. The molecule has 0 aromatic rings. The van der Waals surface area contributed by atoms with E-state index in [2.05, 4.69) is 0 Å². The van der Waals surface area contributed by atoms with Crippen LogP contribution in [-0.4, -0.2) is 11.8 Å². The highest BCUT2D eigenvalue weighted by Gasteiger charge is 2.34. The van der Waals surface area contributed by atoms with Crippen LogP contribution in [0.15, 0.2) is 12.2 Å². The van der Waals surface area contributed by atoms with Crippen LogP contribution in [0.4, 0.5) is 0 Å². The quantitative estimate of drug-likeness (QED) is 0.409. The van der Waals surface area contributed by atoms with Gasteiger partial charge in [0.25, 0.3) is 0 Å². The Kier molecular flexibility index (Phi) is 1.18. The average molecular weight is 111 g/mol. The van der Waals surface area contributed by atoms with Crippen molar-refractivity contribution in [2.45, 2.75) is 18.4 Å². The molecule has 0 radical (unpaired) electrons. The van der Waals surface area contributed by atoms with E-state index >= 15 is 0 Å². The second-order valence-corrected chi connectivity index (χ2v) is 2.23. The fourth-order valence-corrected chi connectivity index (χ4v) is 0.542. The molecule has 0 spiro atoms. The van der Waals surface area contributed by atoms with Crippen molar-refractivity contribution in [1.29, 1.82) is 0 Å². The molecule has 1 aliphatic rings. The van der Waals surface area contributed by atoms with Crippen LogP contribution in [0.25, 0.3) is 0 Å². The van der Waals surface area contributed by atoms with Gasteiger partial charge >= 0.3 is 0 Å². The minimum atomic E-state index is -0.110. The van der Waals surface area contributed by atoms with E-state index < -0.39 is 0 Å². The number of allylic oxidation sites excluding steroid dienone is 1. The summed E-state index contributed by atoms with van der Waals surface area (Å²) in [4.78, 5) is 9.74. The normalized spacial score (nSPS) is 23.6. The Labute approximate surface area is 48.4 Å². The van der Waals surface area contributed by atoms with E-state index in [9.17, 15) is 4.79 Å². The Morgan fingerprint density at radius 2 is 2.12 bits per heavy atom. The van der Waals surface area contributed by atoms with E-state index in [-0.39, 0.29) is 5.54 Å². The van der Waals surface area contributed by atoms with E-state index in [0.717, 1.165) is 19.1 Å². The zero-order valence-corrected chi connectivity index (χ0v) is 4.63. The van der Waals surface area contributed by atoms with Gasteiger partial charge in [0, 0.05) is 5.54 Å². The summed E-state index contributed by atoms with van der Waals surface area (Å²) in [6, 6.07) is 0. The SMILES string of the molecule is NC1(/C=C/C=O)CC1. The molecule has 2 heteroatoms. The van der Waals surface area contributed by atoms with Crippen LogP contribution in [0.5, 0.6) is 0 Å². The van der Waals surface area contributed by atoms with Crippen LogP contribution in [0, 0.1) is 0 Å². The topological polar surface area (TPSA) is 43.1 Å². The van der Waals surface area contributed by atoms with E-state index in [0.29, 0.717) is 0 Å². The lowest BCUT2D eigenvalue weighted by Gasteiger charge is -1.94. The molecule has 0 atom stereocenters. The number of hydrogen-bond acceptors (Lipinski definition) is 2. The summed E-state index contributed by atoms with van der Waals surface area (Å²) in [5.41, 5.74) is 5.48. The lowest BCUT2D eigenvalue weighted by atomic mass is 10.3. The molecule has 0 aromatic heterocycles. The van der Waals surface area contributed by atoms with Crippen molar-refractivity contribution in [3.8, 4) is 0 Å². The molecule has 0 aliphatic heterocycles. The minimum Gasteiger partial charge on any atom is -0.322 e. The van der Waals surface area contributed by atoms with Crippen molar-refractivity contribution in [3.63, 3.8) is 0 Å². The maximum absolute atomic E-state index is 9.74. The highest BCUT2D eigenvalue weighted by atomic mass is 16.1. The Hall–Kier alpha value is -0.630. The summed E-state index contributed by atoms with van der Waals surface area (Å²) in [5.74, 6) is 0. The Balaban J connectivity index is 2.38. The first-order chi connectivity index (χ1) is 3.77. The van der Waals surface area contributed by atoms with Gasteiger partial charge in [-0.3, -0.25) is 4.79 Å². The predicted molar refractivity (Wildman–Crippen MR) is 31.4 cm³/mol. The molecule has 2 N–H and O–H groups in total. The van der Waals surface area contributed by atoms with Gasteiger partial charge in [-0.2, -0.15) is 0 Å². The molecule has 0 aromatic carbocycles. The second kappa shape index (κ2) is 1.71. The van der Waals surface area contributed by atoms with Gasteiger partial charge in [0.1, 0.15) is 6.29 Å². The summed E-state index contributed by atoms with van der Waals surface area (Å²) in [7, 11) is 0. The maximum Gasteiger partial charge on any atom is 0.142 e. The van der Waals surface area contributed by atoms with Crippen LogP contribution in [-0.2, 0) is 4.79 Å². The molecular weight excluding hydrogens is 102 g/mol. The molecule has 1 aliphatic carbocycles. The molecule has 1 rings (SSSR count). The Morgan fingerprint density at radius 3 is 2.50 bits per heavy atom. The molecule has 8 heavy (non-hydrogen) atoms. The van der Waals surface area contributed by atoms with Crippen molar-refractivity contribution in [2.24, 2.45) is 5.73 Å². The Bertz CT molecular complexity index is 124. The first-order valence-corrected chi connectivity index (χ1v) is 2.69. The predicted octanol–water partition coefficient (Wildman–Crippen LogP) is 0.233. The van der Waals surface area contributed by atoms with Crippen LogP contribution in [0.2, 0.25) is 0 Å².